The molecule has 0 unspecified atom stereocenters. The maximum atomic E-state index is 12.1. The minimum Gasteiger partial charge on any atom is -0.458 e. The zero-order valence-electron chi connectivity index (χ0n) is 6.44. The Morgan fingerprint density at radius 3 is 2.00 bits per heavy atom. The molecule has 0 aliphatic carbocycles. The van der Waals surface area contributed by atoms with Gasteiger partial charge in [0.15, 0.2) is 0 Å². The first-order valence-electron chi connectivity index (χ1n) is 3.07. The zero-order chi connectivity index (χ0) is 9.94. The van der Waals surface area contributed by atoms with Crippen LogP contribution in [0.3, 0.4) is 0 Å². The molecule has 0 bridgehead atoms. The summed E-state index contributed by atoms with van der Waals surface area (Å²) < 4.78 is 39.6. The molecule has 0 aromatic heterocycles. The monoisotopic (exact) mass is 184 g/mol. The van der Waals surface area contributed by atoms with E-state index in [-0.39, 0.29) is 0 Å². The van der Waals surface area contributed by atoms with Crippen LogP contribution in [0.5, 0.6) is 0 Å². The molecule has 0 aliphatic rings. The van der Waals surface area contributed by atoms with Crippen LogP contribution >= 0.6 is 0 Å². The first-order chi connectivity index (χ1) is 5.28. The molecule has 0 rings (SSSR count). The molecule has 0 aromatic carbocycles. The SMILES string of the molecule is CC(C)OC(=O)C(F)(F)C(=O)F. The standard InChI is InChI=1S/C6H7F3O3/c1-3(2)12-5(11)6(8,9)4(7)10/h3H,1-2H3. The summed E-state index contributed by atoms with van der Waals surface area (Å²) in [5.41, 5.74) is 0. The molecule has 0 aromatic rings. The van der Waals surface area contributed by atoms with Crippen LogP contribution in [-0.4, -0.2) is 24.0 Å². The van der Waals surface area contributed by atoms with Gasteiger partial charge in [-0.1, -0.05) is 0 Å². The van der Waals surface area contributed by atoms with Crippen LogP contribution in [-0.2, 0) is 14.3 Å². The Kier molecular flexibility index (Phi) is 3.24. The molecule has 70 valence electrons. The number of ether oxygens (including phenoxy) is 1. The van der Waals surface area contributed by atoms with E-state index in [9.17, 15) is 22.8 Å². The fraction of sp³-hybridized carbons (Fsp3) is 0.667. The Labute approximate surface area is 66.5 Å². The summed E-state index contributed by atoms with van der Waals surface area (Å²) in [6.45, 7) is 2.60. The first kappa shape index (κ1) is 10.9. The van der Waals surface area contributed by atoms with Crippen molar-refractivity contribution in [2.75, 3.05) is 0 Å². The average molecular weight is 184 g/mol. The number of hydrogen-bond acceptors (Lipinski definition) is 3. The van der Waals surface area contributed by atoms with Gasteiger partial charge >= 0.3 is 17.9 Å². The second-order valence-electron chi connectivity index (χ2n) is 2.30. The van der Waals surface area contributed by atoms with E-state index in [2.05, 4.69) is 4.74 Å². The Morgan fingerprint density at radius 1 is 1.33 bits per heavy atom. The fourth-order valence-electron chi connectivity index (χ4n) is 0.368. The van der Waals surface area contributed by atoms with Crippen LogP contribution in [0, 0.1) is 0 Å². The Balaban J connectivity index is 4.36. The van der Waals surface area contributed by atoms with E-state index in [1.165, 1.54) is 13.8 Å². The Morgan fingerprint density at radius 2 is 1.75 bits per heavy atom. The smallest absolute Gasteiger partial charge is 0.430 e. The minimum absolute atomic E-state index is 0.817. The summed E-state index contributed by atoms with van der Waals surface area (Å²) in [5, 5.41) is 0. The average Bonchev–Trinajstić information content (AvgIpc) is 1.85. The molecular formula is C6H7F3O3. The number of halogens is 3. The molecule has 12 heavy (non-hydrogen) atoms. The van der Waals surface area contributed by atoms with Gasteiger partial charge in [-0.3, -0.25) is 4.79 Å². The second kappa shape index (κ2) is 3.55. The van der Waals surface area contributed by atoms with E-state index in [1.807, 2.05) is 0 Å². The summed E-state index contributed by atoms with van der Waals surface area (Å²) in [6.07, 6.45) is -0.817. The number of rotatable bonds is 3. The molecule has 0 heterocycles. The van der Waals surface area contributed by atoms with Gasteiger partial charge in [-0.25, -0.2) is 4.79 Å². The normalized spacial score (nSPS) is 11.5. The van der Waals surface area contributed by atoms with Crippen LogP contribution in [0.4, 0.5) is 13.2 Å². The highest BCUT2D eigenvalue weighted by atomic mass is 19.3. The Hall–Kier alpha value is -1.07. The molecule has 0 atom stereocenters. The number of esters is 1. The second-order valence-corrected chi connectivity index (χ2v) is 2.30. The van der Waals surface area contributed by atoms with Gasteiger partial charge in [0, 0.05) is 0 Å². The molecule has 0 radical (unpaired) electrons. The zero-order valence-corrected chi connectivity index (χ0v) is 6.44. The van der Waals surface area contributed by atoms with Crippen LogP contribution in [0.15, 0.2) is 0 Å². The van der Waals surface area contributed by atoms with Gasteiger partial charge in [0.2, 0.25) is 0 Å². The maximum absolute atomic E-state index is 12.1. The lowest BCUT2D eigenvalue weighted by atomic mass is 10.3. The summed E-state index contributed by atoms with van der Waals surface area (Å²) in [4.78, 5) is 19.9. The first-order valence-corrected chi connectivity index (χ1v) is 3.07. The molecule has 3 nitrogen and oxygen atoms in total. The lowest BCUT2D eigenvalue weighted by Gasteiger charge is -2.11. The van der Waals surface area contributed by atoms with Crippen LogP contribution in [0.25, 0.3) is 0 Å². The quantitative estimate of drug-likeness (QED) is 0.374. The van der Waals surface area contributed by atoms with E-state index in [1.54, 1.807) is 0 Å². The summed E-state index contributed by atoms with van der Waals surface area (Å²) in [7, 11) is 0. The van der Waals surface area contributed by atoms with Crippen LogP contribution in [0.2, 0.25) is 0 Å². The molecular weight excluding hydrogens is 177 g/mol. The lowest BCUT2D eigenvalue weighted by molar-refractivity contribution is -0.185. The topological polar surface area (TPSA) is 43.4 Å². The highest BCUT2D eigenvalue weighted by Gasteiger charge is 2.50. The van der Waals surface area contributed by atoms with Crippen molar-refractivity contribution >= 4 is 12.0 Å². The minimum atomic E-state index is -4.68. The molecule has 0 saturated carbocycles. The number of hydrogen-bond donors (Lipinski definition) is 0. The van der Waals surface area contributed by atoms with Gasteiger partial charge in [0.25, 0.3) is 0 Å². The third kappa shape index (κ3) is 2.52. The van der Waals surface area contributed by atoms with Gasteiger partial charge in [0.05, 0.1) is 6.10 Å². The van der Waals surface area contributed by atoms with Crippen molar-refractivity contribution in [3.8, 4) is 0 Å². The van der Waals surface area contributed by atoms with E-state index in [0.29, 0.717) is 0 Å². The van der Waals surface area contributed by atoms with Crippen molar-refractivity contribution in [2.45, 2.75) is 25.9 Å². The van der Waals surface area contributed by atoms with Crippen molar-refractivity contribution in [1.29, 1.82) is 0 Å². The van der Waals surface area contributed by atoms with Crippen molar-refractivity contribution < 1.29 is 27.5 Å². The van der Waals surface area contributed by atoms with Gasteiger partial charge < -0.3 is 4.74 Å². The highest BCUT2D eigenvalue weighted by Crippen LogP contribution is 2.18. The van der Waals surface area contributed by atoms with Crippen molar-refractivity contribution in [3.63, 3.8) is 0 Å². The third-order valence-electron chi connectivity index (χ3n) is 0.846. The van der Waals surface area contributed by atoms with Crippen LogP contribution in [0.1, 0.15) is 13.8 Å². The molecule has 6 heteroatoms. The highest BCUT2D eigenvalue weighted by molar-refractivity contribution is 6.00. The number of carbonyl (C=O) groups is 2. The van der Waals surface area contributed by atoms with E-state index in [0.717, 1.165) is 0 Å². The van der Waals surface area contributed by atoms with Gasteiger partial charge in [0.1, 0.15) is 0 Å². The molecule has 0 spiro atoms. The fourth-order valence-corrected chi connectivity index (χ4v) is 0.368. The predicted octanol–water partition coefficient (Wildman–Crippen LogP) is 1.07. The molecule has 0 amide bonds. The number of alkyl halides is 2. The molecule has 0 N–H and O–H groups in total. The van der Waals surface area contributed by atoms with Gasteiger partial charge in [-0.05, 0) is 13.8 Å². The third-order valence-corrected chi connectivity index (χ3v) is 0.846. The largest absolute Gasteiger partial charge is 0.458 e. The van der Waals surface area contributed by atoms with Crippen molar-refractivity contribution in [2.24, 2.45) is 0 Å². The number of carbonyl (C=O) groups excluding carboxylic acids is 2. The summed E-state index contributed by atoms with van der Waals surface area (Å²) in [5.74, 6) is -6.84. The maximum Gasteiger partial charge on any atom is 0.430 e. The van der Waals surface area contributed by atoms with Gasteiger partial charge in [-0.2, -0.15) is 13.2 Å². The Bertz CT molecular complexity index is 200. The van der Waals surface area contributed by atoms with E-state index in [4.69, 9.17) is 0 Å². The van der Waals surface area contributed by atoms with Crippen molar-refractivity contribution in [3.05, 3.63) is 0 Å². The van der Waals surface area contributed by atoms with Crippen molar-refractivity contribution in [1.82, 2.24) is 0 Å². The van der Waals surface area contributed by atoms with E-state index < -0.39 is 24.0 Å². The summed E-state index contributed by atoms with van der Waals surface area (Å²) >= 11 is 0. The van der Waals surface area contributed by atoms with Crippen LogP contribution < -0.4 is 0 Å². The lowest BCUT2D eigenvalue weighted by Crippen LogP contribution is -2.38. The molecule has 0 fully saturated rings. The van der Waals surface area contributed by atoms with E-state index >= 15 is 0 Å². The van der Waals surface area contributed by atoms with Gasteiger partial charge in [-0.15, -0.1) is 0 Å². The predicted molar refractivity (Wildman–Crippen MR) is 32.3 cm³/mol. The molecule has 0 saturated heterocycles. The molecule has 0 aliphatic heterocycles. The summed E-state index contributed by atoms with van der Waals surface area (Å²) in [6, 6.07) is -3.01.